The minimum Gasteiger partial charge on any atom is -0.266 e. The van der Waals surface area contributed by atoms with Crippen LogP contribution in [0.25, 0.3) is 6.08 Å². The van der Waals surface area contributed by atoms with E-state index in [4.69, 9.17) is 0 Å². The predicted molar refractivity (Wildman–Crippen MR) is 109 cm³/mol. The van der Waals surface area contributed by atoms with Crippen LogP contribution in [-0.2, 0) is 4.79 Å². The zero-order chi connectivity index (χ0) is 19.7. The van der Waals surface area contributed by atoms with Crippen LogP contribution in [-0.4, -0.2) is 11.7 Å². The molecule has 0 saturated carbocycles. The number of carbonyl (C=O) groups is 1. The van der Waals surface area contributed by atoms with Gasteiger partial charge in [0.1, 0.15) is 23.2 Å². The number of hydrogen-bond acceptors (Lipinski definition) is 2. The van der Waals surface area contributed by atoms with Gasteiger partial charge in [0.2, 0.25) is 0 Å². The van der Waals surface area contributed by atoms with E-state index in [1.165, 1.54) is 29.2 Å². The summed E-state index contributed by atoms with van der Waals surface area (Å²) in [5.41, 5.74) is 1.56. The number of aliphatic imine (C=N–C) groups is 1. The van der Waals surface area contributed by atoms with Crippen LogP contribution >= 0.6 is 15.9 Å². The molecule has 0 radical (unpaired) electrons. The van der Waals surface area contributed by atoms with Crippen LogP contribution < -0.4 is 4.90 Å². The van der Waals surface area contributed by atoms with Gasteiger partial charge in [0.25, 0.3) is 5.91 Å². The molecule has 0 atom stereocenters. The Labute approximate surface area is 168 Å². The van der Waals surface area contributed by atoms with Crippen molar-refractivity contribution in [2.75, 3.05) is 4.90 Å². The highest BCUT2D eigenvalue weighted by Gasteiger charge is 2.32. The number of amidine groups is 1. The standard InChI is InChI=1S/C22H13BrF2N2O/c23-16-7-11-18(12-8-16)27-21(14-5-9-17(24)10-6-14)26-20(22(27)28)13-15-3-1-2-4-19(15)25/h1-13H/b20-13+. The topological polar surface area (TPSA) is 32.7 Å². The highest BCUT2D eigenvalue weighted by atomic mass is 79.9. The highest BCUT2D eigenvalue weighted by molar-refractivity contribution is 9.10. The van der Waals surface area contributed by atoms with E-state index in [-0.39, 0.29) is 23.0 Å². The maximum atomic E-state index is 14.0. The van der Waals surface area contributed by atoms with Gasteiger partial charge in [-0.2, -0.15) is 0 Å². The molecule has 1 aliphatic rings. The van der Waals surface area contributed by atoms with E-state index in [0.29, 0.717) is 17.1 Å². The zero-order valence-electron chi connectivity index (χ0n) is 14.4. The predicted octanol–water partition coefficient (Wildman–Crippen LogP) is 5.56. The quantitative estimate of drug-likeness (QED) is 0.492. The summed E-state index contributed by atoms with van der Waals surface area (Å²) in [5.74, 6) is -0.853. The Morgan fingerprint density at radius 1 is 0.893 bits per heavy atom. The highest BCUT2D eigenvalue weighted by Crippen LogP contribution is 2.29. The van der Waals surface area contributed by atoms with Crippen molar-refractivity contribution in [1.29, 1.82) is 0 Å². The average molecular weight is 439 g/mol. The Bertz CT molecular complexity index is 1110. The Morgan fingerprint density at radius 2 is 1.57 bits per heavy atom. The number of hydrogen-bond donors (Lipinski definition) is 0. The molecule has 0 aromatic heterocycles. The van der Waals surface area contributed by atoms with Gasteiger partial charge in [-0.3, -0.25) is 9.69 Å². The number of benzene rings is 3. The second-order valence-electron chi connectivity index (χ2n) is 6.11. The van der Waals surface area contributed by atoms with Crippen LogP contribution in [0.5, 0.6) is 0 Å². The molecule has 0 fully saturated rings. The summed E-state index contributed by atoms with van der Waals surface area (Å²) in [4.78, 5) is 19.0. The number of rotatable bonds is 3. The third-order valence-corrected chi connectivity index (χ3v) is 4.77. The van der Waals surface area contributed by atoms with Gasteiger partial charge in [0.15, 0.2) is 0 Å². The van der Waals surface area contributed by atoms with Gasteiger partial charge in [-0.15, -0.1) is 0 Å². The fraction of sp³-hybridized carbons (Fsp3) is 0. The van der Waals surface area contributed by atoms with Gasteiger partial charge >= 0.3 is 0 Å². The van der Waals surface area contributed by atoms with E-state index in [1.54, 1.807) is 42.5 Å². The normalized spacial score (nSPS) is 15.2. The van der Waals surface area contributed by atoms with Crippen molar-refractivity contribution < 1.29 is 13.6 Å². The lowest BCUT2D eigenvalue weighted by molar-refractivity contribution is -0.113. The summed E-state index contributed by atoms with van der Waals surface area (Å²) in [6.45, 7) is 0. The molecule has 0 bridgehead atoms. The third kappa shape index (κ3) is 3.51. The summed E-state index contributed by atoms with van der Waals surface area (Å²) in [6.07, 6.45) is 1.42. The molecule has 138 valence electrons. The van der Waals surface area contributed by atoms with Crippen LogP contribution in [0.15, 0.2) is 88.0 Å². The number of halogens is 3. The number of nitrogens with zero attached hydrogens (tertiary/aromatic N) is 2. The first-order valence-corrected chi connectivity index (χ1v) is 9.23. The first-order chi connectivity index (χ1) is 13.5. The van der Waals surface area contributed by atoms with Crippen LogP contribution in [0.1, 0.15) is 11.1 Å². The fourth-order valence-corrected chi connectivity index (χ4v) is 3.14. The van der Waals surface area contributed by atoms with Crippen molar-refractivity contribution >= 4 is 39.4 Å². The fourth-order valence-electron chi connectivity index (χ4n) is 2.88. The van der Waals surface area contributed by atoms with Crippen molar-refractivity contribution in [3.63, 3.8) is 0 Å². The van der Waals surface area contributed by atoms with Gasteiger partial charge in [0.05, 0.1) is 5.69 Å². The third-order valence-electron chi connectivity index (χ3n) is 4.25. The second kappa shape index (κ2) is 7.48. The Hall–Kier alpha value is -3.12. The molecule has 3 aromatic carbocycles. The van der Waals surface area contributed by atoms with E-state index in [9.17, 15) is 13.6 Å². The molecule has 0 N–H and O–H groups in total. The van der Waals surface area contributed by atoms with Crippen LogP contribution in [0.3, 0.4) is 0 Å². The van der Waals surface area contributed by atoms with Crippen LogP contribution in [0.4, 0.5) is 14.5 Å². The van der Waals surface area contributed by atoms with Crippen LogP contribution in [0, 0.1) is 11.6 Å². The van der Waals surface area contributed by atoms with E-state index in [1.807, 2.05) is 12.1 Å². The maximum absolute atomic E-state index is 14.0. The zero-order valence-corrected chi connectivity index (χ0v) is 16.0. The molecular formula is C22H13BrF2N2O. The lowest BCUT2D eigenvalue weighted by Gasteiger charge is -2.18. The molecule has 0 spiro atoms. The van der Waals surface area contributed by atoms with Crippen molar-refractivity contribution in [2.24, 2.45) is 4.99 Å². The minimum atomic E-state index is -0.441. The maximum Gasteiger partial charge on any atom is 0.282 e. The van der Waals surface area contributed by atoms with E-state index >= 15 is 0 Å². The summed E-state index contributed by atoms with van der Waals surface area (Å²) in [7, 11) is 0. The Kier molecular flexibility index (Phi) is 4.88. The van der Waals surface area contributed by atoms with Crippen LogP contribution in [0.2, 0.25) is 0 Å². The van der Waals surface area contributed by atoms with E-state index in [0.717, 1.165) is 4.47 Å². The first-order valence-electron chi connectivity index (χ1n) is 8.44. The molecule has 3 nitrogen and oxygen atoms in total. The Balaban J connectivity index is 1.84. The molecular weight excluding hydrogens is 426 g/mol. The summed E-state index contributed by atoms with van der Waals surface area (Å²) in [6, 6.07) is 19.0. The Morgan fingerprint density at radius 3 is 2.25 bits per heavy atom. The largest absolute Gasteiger partial charge is 0.282 e. The summed E-state index contributed by atoms with van der Waals surface area (Å²) < 4.78 is 28.2. The van der Waals surface area contributed by atoms with Gasteiger partial charge in [-0.1, -0.05) is 34.1 Å². The SMILES string of the molecule is O=C1/C(=C\c2ccccc2F)N=C(c2ccc(F)cc2)N1c1ccc(Br)cc1. The first kappa shape index (κ1) is 18.3. The van der Waals surface area contributed by atoms with Crippen molar-refractivity contribution in [1.82, 2.24) is 0 Å². The number of carbonyl (C=O) groups excluding carboxylic acids is 1. The van der Waals surface area contributed by atoms with Crippen molar-refractivity contribution in [3.05, 3.63) is 106 Å². The molecule has 28 heavy (non-hydrogen) atoms. The van der Waals surface area contributed by atoms with Crippen molar-refractivity contribution in [2.45, 2.75) is 0 Å². The average Bonchev–Trinajstić information content (AvgIpc) is 3.01. The van der Waals surface area contributed by atoms with Gasteiger partial charge < -0.3 is 0 Å². The minimum absolute atomic E-state index is 0.104. The van der Waals surface area contributed by atoms with E-state index < -0.39 is 5.82 Å². The molecule has 1 aliphatic heterocycles. The molecule has 3 aromatic rings. The lowest BCUT2D eigenvalue weighted by atomic mass is 10.1. The van der Waals surface area contributed by atoms with Gasteiger partial charge in [0, 0.05) is 15.6 Å². The molecule has 6 heteroatoms. The molecule has 1 amide bonds. The monoisotopic (exact) mass is 438 g/mol. The van der Waals surface area contributed by atoms with Crippen molar-refractivity contribution in [3.8, 4) is 0 Å². The lowest BCUT2D eigenvalue weighted by Crippen LogP contribution is -2.32. The van der Waals surface area contributed by atoms with E-state index in [2.05, 4.69) is 20.9 Å². The smallest absolute Gasteiger partial charge is 0.266 e. The second-order valence-corrected chi connectivity index (χ2v) is 7.03. The van der Waals surface area contributed by atoms with Gasteiger partial charge in [-0.25, -0.2) is 13.8 Å². The summed E-state index contributed by atoms with van der Waals surface area (Å²) in [5, 5.41) is 0. The molecule has 0 aliphatic carbocycles. The number of amides is 1. The summed E-state index contributed by atoms with van der Waals surface area (Å²) >= 11 is 3.37. The number of anilines is 1. The van der Waals surface area contributed by atoms with Gasteiger partial charge in [-0.05, 0) is 60.7 Å². The molecule has 0 unspecified atom stereocenters. The molecule has 4 rings (SSSR count). The molecule has 1 heterocycles. The molecule has 0 saturated heterocycles.